The third-order valence-electron chi connectivity index (χ3n) is 2.52. The summed E-state index contributed by atoms with van der Waals surface area (Å²) in [6.07, 6.45) is 0. The van der Waals surface area contributed by atoms with Gasteiger partial charge in [0, 0.05) is 0 Å². The van der Waals surface area contributed by atoms with E-state index in [0.29, 0.717) is 5.75 Å². The molecule has 0 heterocycles. The van der Waals surface area contributed by atoms with E-state index >= 15 is 0 Å². The topological polar surface area (TPSA) is 81.7 Å². The Labute approximate surface area is 123 Å². The number of esters is 1. The number of carbonyl (C=O) groups excluding carboxylic acids is 1. The minimum Gasteiger partial charge on any atom is -0.495 e. The summed E-state index contributed by atoms with van der Waals surface area (Å²) < 4.78 is 36.2. The first-order valence-corrected chi connectivity index (χ1v) is 7.46. The molecule has 1 aromatic carbocycles. The van der Waals surface area contributed by atoms with E-state index in [1.165, 1.54) is 46.3 Å². The highest BCUT2D eigenvalue weighted by Gasteiger charge is 2.34. The fourth-order valence-corrected chi connectivity index (χ4v) is 3.22. The molecule has 112 valence electrons. The normalized spacial score (nSPS) is 12.1. The van der Waals surface area contributed by atoms with E-state index in [2.05, 4.69) is 9.46 Å². The van der Waals surface area contributed by atoms with Crippen LogP contribution in [0.5, 0.6) is 5.75 Å². The van der Waals surface area contributed by atoms with Crippen molar-refractivity contribution in [2.45, 2.75) is 24.3 Å². The van der Waals surface area contributed by atoms with Gasteiger partial charge in [-0.1, -0.05) is 11.6 Å². The molecule has 1 rings (SSSR count). The Morgan fingerprint density at radius 3 is 2.35 bits per heavy atom. The molecule has 0 fully saturated rings. The molecule has 0 saturated heterocycles. The van der Waals surface area contributed by atoms with Gasteiger partial charge in [0.1, 0.15) is 11.3 Å². The van der Waals surface area contributed by atoms with E-state index in [1.807, 2.05) is 0 Å². The Morgan fingerprint density at radius 2 is 1.90 bits per heavy atom. The summed E-state index contributed by atoms with van der Waals surface area (Å²) in [6, 6.07) is 4.01. The lowest BCUT2D eigenvalue weighted by Gasteiger charge is -2.22. The van der Waals surface area contributed by atoms with Crippen LogP contribution >= 0.6 is 11.6 Å². The number of ether oxygens (including phenoxy) is 2. The van der Waals surface area contributed by atoms with Gasteiger partial charge in [0.15, 0.2) is 0 Å². The van der Waals surface area contributed by atoms with E-state index in [-0.39, 0.29) is 9.92 Å². The molecule has 0 aliphatic rings. The summed E-state index contributed by atoms with van der Waals surface area (Å²) in [6.45, 7) is 2.81. The predicted molar refractivity (Wildman–Crippen MR) is 74.4 cm³/mol. The Morgan fingerprint density at radius 1 is 1.30 bits per heavy atom. The van der Waals surface area contributed by atoms with Crippen LogP contribution in [0.2, 0.25) is 5.02 Å². The van der Waals surface area contributed by atoms with E-state index in [1.54, 1.807) is 0 Å². The maximum absolute atomic E-state index is 12.2. The maximum atomic E-state index is 12.2. The van der Waals surface area contributed by atoms with Crippen LogP contribution in [0.15, 0.2) is 23.1 Å². The second-order valence-electron chi connectivity index (χ2n) is 4.52. The van der Waals surface area contributed by atoms with Gasteiger partial charge in [0.25, 0.3) is 0 Å². The summed E-state index contributed by atoms with van der Waals surface area (Å²) in [4.78, 5) is 11.4. The second-order valence-corrected chi connectivity index (χ2v) is 6.61. The van der Waals surface area contributed by atoms with Crippen molar-refractivity contribution >= 4 is 27.6 Å². The summed E-state index contributed by atoms with van der Waals surface area (Å²) in [5.41, 5.74) is -1.39. The summed E-state index contributed by atoms with van der Waals surface area (Å²) in [5.74, 6) is -0.335. The second kappa shape index (κ2) is 5.99. The minimum absolute atomic E-state index is 0.0692. The van der Waals surface area contributed by atoms with Crippen LogP contribution in [0.3, 0.4) is 0 Å². The molecule has 0 spiro atoms. The number of rotatable bonds is 5. The number of sulfonamides is 1. The molecule has 0 radical (unpaired) electrons. The highest BCUT2D eigenvalue weighted by molar-refractivity contribution is 7.89. The van der Waals surface area contributed by atoms with Gasteiger partial charge in [0.2, 0.25) is 10.0 Å². The average Bonchev–Trinajstić information content (AvgIpc) is 2.36. The standard InChI is InChI=1S/C12H16ClNO5S/c1-12(2,11(15)19-4)14-20(16,17)8-5-6-10(18-3)9(13)7-8/h5-7,14H,1-4H3. The van der Waals surface area contributed by atoms with Crippen molar-refractivity contribution in [3.8, 4) is 5.75 Å². The number of benzene rings is 1. The number of carbonyl (C=O) groups is 1. The van der Waals surface area contributed by atoms with Crippen LogP contribution in [0.1, 0.15) is 13.8 Å². The van der Waals surface area contributed by atoms with E-state index in [0.717, 1.165) is 0 Å². The van der Waals surface area contributed by atoms with Gasteiger partial charge in [-0.2, -0.15) is 4.72 Å². The molecule has 0 aliphatic heterocycles. The van der Waals surface area contributed by atoms with E-state index < -0.39 is 21.5 Å². The molecule has 0 unspecified atom stereocenters. The molecule has 0 saturated carbocycles. The van der Waals surface area contributed by atoms with Gasteiger partial charge in [-0.25, -0.2) is 8.42 Å². The Hall–Kier alpha value is -1.31. The molecule has 1 N–H and O–H groups in total. The summed E-state index contributed by atoms with van der Waals surface area (Å²) >= 11 is 5.89. The molecule has 6 nitrogen and oxygen atoms in total. The Kier molecular flexibility index (Phi) is 5.01. The fourth-order valence-electron chi connectivity index (χ4n) is 1.51. The quantitative estimate of drug-likeness (QED) is 0.833. The zero-order valence-corrected chi connectivity index (χ0v) is 13.1. The van der Waals surface area contributed by atoms with Crippen LogP contribution in [0.25, 0.3) is 0 Å². The maximum Gasteiger partial charge on any atom is 0.326 e. The third kappa shape index (κ3) is 3.62. The largest absolute Gasteiger partial charge is 0.495 e. The SMILES string of the molecule is COC(=O)C(C)(C)NS(=O)(=O)c1ccc(OC)c(Cl)c1. The third-order valence-corrected chi connectivity index (χ3v) is 4.47. The zero-order chi connectivity index (χ0) is 15.6. The fraction of sp³-hybridized carbons (Fsp3) is 0.417. The Bertz CT molecular complexity index is 612. The van der Waals surface area contributed by atoms with Crippen molar-refractivity contribution in [1.29, 1.82) is 0 Å². The van der Waals surface area contributed by atoms with Crippen molar-refractivity contribution in [3.63, 3.8) is 0 Å². The highest BCUT2D eigenvalue weighted by atomic mass is 35.5. The van der Waals surface area contributed by atoms with E-state index in [4.69, 9.17) is 16.3 Å². The molecule has 20 heavy (non-hydrogen) atoms. The van der Waals surface area contributed by atoms with Gasteiger partial charge >= 0.3 is 5.97 Å². The smallest absolute Gasteiger partial charge is 0.326 e. The van der Waals surface area contributed by atoms with Crippen molar-refractivity contribution in [2.24, 2.45) is 0 Å². The van der Waals surface area contributed by atoms with Gasteiger partial charge < -0.3 is 9.47 Å². The van der Waals surface area contributed by atoms with Crippen LogP contribution in [0.4, 0.5) is 0 Å². The van der Waals surface area contributed by atoms with Crippen LogP contribution in [-0.2, 0) is 19.6 Å². The molecule has 0 aromatic heterocycles. The number of hydrogen-bond acceptors (Lipinski definition) is 5. The number of nitrogens with one attached hydrogen (secondary N) is 1. The molecular weight excluding hydrogens is 306 g/mol. The Balaban J connectivity index is 3.12. The lowest BCUT2D eigenvalue weighted by atomic mass is 10.1. The molecule has 0 amide bonds. The molecule has 0 bridgehead atoms. The van der Waals surface area contributed by atoms with Crippen LogP contribution in [-0.4, -0.2) is 34.1 Å². The summed E-state index contributed by atoms with van der Waals surface area (Å²) in [5, 5.41) is 0.159. The molecule has 0 aliphatic carbocycles. The van der Waals surface area contributed by atoms with Gasteiger partial charge in [0.05, 0.1) is 24.1 Å². The molecule has 1 aromatic rings. The molecular formula is C12H16ClNO5S. The first-order valence-electron chi connectivity index (χ1n) is 5.60. The monoisotopic (exact) mass is 321 g/mol. The van der Waals surface area contributed by atoms with E-state index in [9.17, 15) is 13.2 Å². The lowest BCUT2D eigenvalue weighted by molar-refractivity contribution is -0.146. The molecule has 8 heteroatoms. The average molecular weight is 322 g/mol. The van der Waals surface area contributed by atoms with Crippen LogP contribution < -0.4 is 9.46 Å². The number of hydrogen-bond donors (Lipinski definition) is 1. The van der Waals surface area contributed by atoms with Crippen LogP contribution in [0, 0.1) is 0 Å². The molecule has 0 atom stereocenters. The lowest BCUT2D eigenvalue weighted by Crippen LogP contribution is -2.50. The zero-order valence-electron chi connectivity index (χ0n) is 11.6. The highest BCUT2D eigenvalue weighted by Crippen LogP contribution is 2.27. The summed E-state index contributed by atoms with van der Waals surface area (Å²) in [7, 11) is -1.30. The van der Waals surface area contributed by atoms with Gasteiger partial charge in [-0.15, -0.1) is 0 Å². The minimum atomic E-state index is -3.91. The van der Waals surface area contributed by atoms with Gasteiger partial charge in [-0.05, 0) is 32.0 Å². The van der Waals surface area contributed by atoms with Crippen molar-refractivity contribution in [3.05, 3.63) is 23.2 Å². The predicted octanol–water partition coefficient (Wildman–Crippen LogP) is 1.58. The van der Waals surface area contributed by atoms with Crippen molar-refractivity contribution in [2.75, 3.05) is 14.2 Å². The van der Waals surface area contributed by atoms with Crippen molar-refractivity contribution < 1.29 is 22.7 Å². The first-order chi connectivity index (χ1) is 9.14. The van der Waals surface area contributed by atoms with Crippen molar-refractivity contribution in [1.82, 2.24) is 4.72 Å². The van der Waals surface area contributed by atoms with Gasteiger partial charge in [-0.3, -0.25) is 4.79 Å². The first kappa shape index (κ1) is 16.7. The number of methoxy groups -OCH3 is 2. The number of halogens is 1.